The topological polar surface area (TPSA) is 52.6 Å². The minimum absolute atomic E-state index is 0.00407. The molecule has 294 valence electrons. The lowest BCUT2D eigenvalue weighted by Crippen LogP contribution is -2.39. The molecule has 1 aliphatic carbocycles. The highest BCUT2D eigenvalue weighted by Crippen LogP contribution is 2.80. The van der Waals surface area contributed by atoms with Crippen molar-refractivity contribution in [2.45, 2.75) is 241 Å². The van der Waals surface area contributed by atoms with Crippen molar-refractivity contribution < 1.29 is 19.1 Å². The molecule has 4 nitrogen and oxygen atoms in total. The summed E-state index contributed by atoms with van der Waals surface area (Å²) in [5, 5.41) is 0. The summed E-state index contributed by atoms with van der Waals surface area (Å²) in [5.41, 5.74) is -0.114. The normalized spacial score (nSPS) is 23.9. The van der Waals surface area contributed by atoms with Crippen molar-refractivity contribution in [3.8, 4) is 0 Å². The summed E-state index contributed by atoms with van der Waals surface area (Å²) in [6.45, 7) is 16.6. The molecule has 7 unspecified atom stereocenters. The molecule has 0 bridgehead atoms. The number of hydrogen-bond donors (Lipinski definition) is 0. The number of ether oxygens (including phenoxy) is 2. The third-order valence-corrected chi connectivity index (χ3v) is 13.5. The summed E-state index contributed by atoms with van der Waals surface area (Å²) < 4.78 is 12.5. The van der Waals surface area contributed by atoms with Crippen LogP contribution in [-0.4, -0.2) is 24.6 Å². The van der Waals surface area contributed by atoms with E-state index in [9.17, 15) is 9.59 Å². The van der Waals surface area contributed by atoms with Gasteiger partial charge in [-0.3, -0.25) is 9.59 Å². The summed E-state index contributed by atoms with van der Waals surface area (Å²) in [4.78, 5) is 27.2. The second-order valence-electron chi connectivity index (χ2n) is 17.1. The van der Waals surface area contributed by atoms with Crippen LogP contribution in [-0.2, 0) is 19.1 Å². The molecule has 1 aliphatic heterocycles. The molecule has 1 saturated heterocycles. The minimum atomic E-state index is -0.110. The van der Waals surface area contributed by atoms with Gasteiger partial charge < -0.3 is 9.47 Å². The highest BCUT2D eigenvalue weighted by molar-refractivity contribution is 5.75. The fraction of sp³-hybridized carbons (Fsp3) is 0.957. The molecule has 4 heteroatoms. The number of rotatable bonds is 33. The van der Waals surface area contributed by atoms with Crippen LogP contribution in [0, 0.1) is 34.5 Å². The van der Waals surface area contributed by atoms with E-state index >= 15 is 0 Å². The van der Waals surface area contributed by atoms with Crippen LogP contribution in [0.2, 0.25) is 0 Å². The zero-order chi connectivity index (χ0) is 36.7. The van der Waals surface area contributed by atoms with Gasteiger partial charge in [-0.1, -0.05) is 183 Å². The largest absolute Gasteiger partial charge is 0.465 e. The van der Waals surface area contributed by atoms with Gasteiger partial charge in [0.15, 0.2) is 0 Å². The second-order valence-corrected chi connectivity index (χ2v) is 17.1. The lowest BCUT2D eigenvalue weighted by Gasteiger charge is -2.40. The van der Waals surface area contributed by atoms with Crippen molar-refractivity contribution in [3.63, 3.8) is 0 Å². The lowest BCUT2D eigenvalue weighted by atomic mass is 9.64. The Hall–Kier alpha value is -1.06. The fourth-order valence-electron chi connectivity index (χ4n) is 10.3. The van der Waals surface area contributed by atoms with Crippen molar-refractivity contribution >= 4 is 11.9 Å². The Kier molecular flexibility index (Phi) is 23.3. The van der Waals surface area contributed by atoms with Gasteiger partial charge in [0.1, 0.15) is 6.10 Å². The molecule has 0 aromatic rings. The molecule has 2 rings (SSSR count). The highest BCUT2D eigenvalue weighted by atomic mass is 16.6. The van der Waals surface area contributed by atoms with Crippen LogP contribution in [0.5, 0.6) is 0 Å². The predicted molar refractivity (Wildman–Crippen MR) is 213 cm³/mol. The first-order valence-corrected chi connectivity index (χ1v) is 22.7. The standard InChI is InChI=1S/C46H86O4/c1-8-15-19-20-21-22-23-24-25-26-27-28-29-33-41(34-42(47)49-36-38(12-5)30-16-9-2)46(40(14-7)32-18-11-4)37-45(46)35-43(48)50-44(45)39(13-6)31-17-10-3/h38-41,44H,8-37H2,1-7H3. The number of carbonyl (C=O) groups excluding carboxylic acids is 2. The van der Waals surface area contributed by atoms with Crippen molar-refractivity contribution in [2.24, 2.45) is 34.5 Å². The molecule has 0 aromatic carbocycles. The van der Waals surface area contributed by atoms with E-state index in [2.05, 4.69) is 48.5 Å². The fourth-order valence-corrected chi connectivity index (χ4v) is 10.3. The van der Waals surface area contributed by atoms with E-state index in [1.165, 1.54) is 128 Å². The predicted octanol–water partition coefficient (Wildman–Crippen LogP) is 14.4. The van der Waals surface area contributed by atoms with E-state index in [-0.39, 0.29) is 34.8 Å². The van der Waals surface area contributed by atoms with Crippen LogP contribution < -0.4 is 0 Å². The molecule has 2 fully saturated rings. The van der Waals surface area contributed by atoms with Crippen LogP contribution in [0.4, 0.5) is 0 Å². The van der Waals surface area contributed by atoms with Crippen molar-refractivity contribution in [3.05, 3.63) is 0 Å². The first-order chi connectivity index (χ1) is 24.3. The average molecular weight is 703 g/mol. The molecule has 50 heavy (non-hydrogen) atoms. The van der Waals surface area contributed by atoms with Crippen LogP contribution in [0.3, 0.4) is 0 Å². The summed E-state index contributed by atoms with van der Waals surface area (Å²) >= 11 is 0. The molecule has 0 amide bonds. The number of unbranched alkanes of at least 4 members (excludes halogenated alkanes) is 15. The smallest absolute Gasteiger partial charge is 0.306 e. The van der Waals surface area contributed by atoms with E-state index in [0.717, 1.165) is 44.9 Å². The monoisotopic (exact) mass is 703 g/mol. The van der Waals surface area contributed by atoms with E-state index in [1.807, 2.05) is 0 Å². The Labute approximate surface area is 312 Å². The van der Waals surface area contributed by atoms with Gasteiger partial charge in [-0.2, -0.15) is 0 Å². The number of esters is 2. The van der Waals surface area contributed by atoms with Gasteiger partial charge in [-0.05, 0) is 67.6 Å². The van der Waals surface area contributed by atoms with Gasteiger partial charge in [0, 0.05) is 11.8 Å². The zero-order valence-corrected chi connectivity index (χ0v) is 34.7. The molecule has 0 aromatic heterocycles. The Bertz CT molecular complexity index is 885. The molecule has 0 N–H and O–H groups in total. The molecule has 7 atom stereocenters. The first kappa shape index (κ1) is 45.1. The van der Waals surface area contributed by atoms with Crippen LogP contribution in [0.25, 0.3) is 0 Å². The van der Waals surface area contributed by atoms with Gasteiger partial charge in [0.25, 0.3) is 0 Å². The Morgan fingerprint density at radius 2 is 1.16 bits per heavy atom. The highest BCUT2D eigenvalue weighted by Gasteiger charge is 2.79. The maximum absolute atomic E-state index is 13.8. The van der Waals surface area contributed by atoms with Crippen molar-refractivity contribution in [2.75, 3.05) is 6.61 Å². The van der Waals surface area contributed by atoms with Gasteiger partial charge >= 0.3 is 11.9 Å². The van der Waals surface area contributed by atoms with Crippen LogP contribution in [0.1, 0.15) is 235 Å². The summed E-state index contributed by atoms with van der Waals surface area (Å²) in [6.07, 6.45) is 34.7. The van der Waals surface area contributed by atoms with E-state index in [0.29, 0.717) is 37.2 Å². The maximum Gasteiger partial charge on any atom is 0.306 e. The van der Waals surface area contributed by atoms with E-state index < -0.39 is 0 Å². The third kappa shape index (κ3) is 13.7. The van der Waals surface area contributed by atoms with Gasteiger partial charge in [0.2, 0.25) is 0 Å². The minimum Gasteiger partial charge on any atom is -0.465 e. The zero-order valence-electron chi connectivity index (χ0n) is 34.7. The molecular weight excluding hydrogens is 617 g/mol. The van der Waals surface area contributed by atoms with Crippen LogP contribution >= 0.6 is 0 Å². The quantitative estimate of drug-likeness (QED) is 0.0504. The van der Waals surface area contributed by atoms with Crippen molar-refractivity contribution in [1.29, 1.82) is 0 Å². The maximum atomic E-state index is 13.8. The van der Waals surface area contributed by atoms with E-state index in [1.54, 1.807) is 0 Å². The Morgan fingerprint density at radius 3 is 1.70 bits per heavy atom. The van der Waals surface area contributed by atoms with E-state index in [4.69, 9.17) is 9.47 Å². The van der Waals surface area contributed by atoms with Gasteiger partial charge in [-0.25, -0.2) is 0 Å². The Balaban J connectivity index is 2.21. The second kappa shape index (κ2) is 25.8. The average Bonchev–Trinajstić information content (AvgIpc) is 3.66. The number of cyclic esters (lactones) is 1. The van der Waals surface area contributed by atoms with Gasteiger partial charge in [-0.15, -0.1) is 0 Å². The molecule has 1 saturated carbocycles. The number of carbonyl (C=O) groups is 2. The summed E-state index contributed by atoms with van der Waals surface area (Å²) in [5.74, 6) is 1.69. The molecule has 2 aliphatic rings. The molecule has 1 spiro atoms. The SMILES string of the molecule is CCCCCCCCCCCCCCCC(CC(=O)OCC(CC)CCCC)C1(C(CC)CCCC)CC12CC(=O)OC2C(CC)CCCC. The molecule has 0 radical (unpaired) electrons. The molecule has 1 heterocycles. The van der Waals surface area contributed by atoms with Gasteiger partial charge in [0.05, 0.1) is 13.0 Å². The molecular formula is C46H86O4. The third-order valence-electron chi connectivity index (χ3n) is 13.5. The summed E-state index contributed by atoms with van der Waals surface area (Å²) in [7, 11) is 0. The van der Waals surface area contributed by atoms with Crippen molar-refractivity contribution in [1.82, 2.24) is 0 Å². The lowest BCUT2D eigenvalue weighted by molar-refractivity contribution is -0.148. The Morgan fingerprint density at radius 1 is 0.640 bits per heavy atom. The summed E-state index contributed by atoms with van der Waals surface area (Å²) in [6, 6.07) is 0. The number of hydrogen-bond acceptors (Lipinski definition) is 4. The first-order valence-electron chi connectivity index (χ1n) is 22.7. The van der Waals surface area contributed by atoms with Crippen LogP contribution in [0.15, 0.2) is 0 Å².